The highest BCUT2D eigenvalue weighted by Crippen LogP contribution is 2.43. The number of benzene rings is 1. The molecular formula is C17H17F2N3O5S. The average molecular weight is 413 g/mol. The molecule has 1 saturated heterocycles. The molecule has 0 bridgehead atoms. The van der Waals surface area contributed by atoms with Gasteiger partial charge in [-0.1, -0.05) is 5.16 Å². The van der Waals surface area contributed by atoms with Gasteiger partial charge < -0.3 is 14.0 Å². The van der Waals surface area contributed by atoms with Gasteiger partial charge in [0, 0.05) is 18.2 Å². The first kappa shape index (κ1) is 19.0. The predicted octanol–water partition coefficient (Wildman–Crippen LogP) is 2.52. The number of nitrogens with one attached hydrogen (secondary N) is 2. The lowest BCUT2D eigenvalue weighted by Gasteiger charge is -2.35. The van der Waals surface area contributed by atoms with Crippen molar-refractivity contribution >= 4 is 17.7 Å². The second-order valence-corrected chi connectivity index (χ2v) is 7.73. The number of aromatic nitrogens is 1. The monoisotopic (exact) mass is 413 g/mol. The Hall–Kier alpha value is -2.37. The summed E-state index contributed by atoms with van der Waals surface area (Å²) in [5.74, 6) is 1.34. The Kier molecular flexibility index (Phi) is 4.89. The van der Waals surface area contributed by atoms with Gasteiger partial charge in [0.2, 0.25) is 0 Å². The van der Waals surface area contributed by atoms with Gasteiger partial charge in [-0.2, -0.15) is 11.8 Å². The minimum Gasteiger partial charge on any atom is -0.395 e. The van der Waals surface area contributed by atoms with Crippen LogP contribution in [0.15, 0.2) is 28.8 Å². The van der Waals surface area contributed by atoms with Gasteiger partial charge in [-0.05, 0) is 42.5 Å². The summed E-state index contributed by atoms with van der Waals surface area (Å²) in [6, 6.07) is 5.95. The van der Waals surface area contributed by atoms with E-state index in [-0.39, 0.29) is 18.0 Å². The molecule has 11 heteroatoms. The topological polar surface area (TPSA) is 106 Å². The number of fused-ring (bicyclic) bond motifs is 1. The smallest absolute Gasteiger partial charge is 0.395 e. The van der Waals surface area contributed by atoms with E-state index in [1.165, 1.54) is 12.1 Å². The van der Waals surface area contributed by atoms with Crippen LogP contribution >= 0.6 is 11.8 Å². The van der Waals surface area contributed by atoms with Crippen molar-refractivity contribution in [2.45, 2.75) is 31.2 Å². The van der Waals surface area contributed by atoms with Crippen LogP contribution in [-0.2, 0) is 11.3 Å². The summed E-state index contributed by atoms with van der Waals surface area (Å²) in [5.41, 5.74) is 1.89. The first-order valence-electron chi connectivity index (χ1n) is 8.54. The number of nitrogens with zero attached hydrogens (tertiary/aromatic N) is 1. The number of amides is 1. The fraction of sp³-hybridized carbons (Fsp3) is 0.412. The van der Waals surface area contributed by atoms with Gasteiger partial charge in [-0.15, -0.1) is 8.78 Å². The third-order valence-electron chi connectivity index (χ3n) is 4.74. The lowest BCUT2D eigenvalue weighted by atomic mass is 9.91. The van der Waals surface area contributed by atoms with Crippen molar-refractivity contribution in [3.8, 4) is 22.8 Å². The maximum atomic E-state index is 13.1. The van der Waals surface area contributed by atoms with Gasteiger partial charge in [0.15, 0.2) is 17.3 Å². The first-order valence-corrected chi connectivity index (χ1v) is 9.69. The molecule has 0 unspecified atom stereocenters. The number of alkyl halides is 2. The lowest BCUT2D eigenvalue weighted by Crippen LogP contribution is -2.58. The molecule has 1 aromatic heterocycles. The molecule has 1 aromatic carbocycles. The van der Waals surface area contributed by atoms with Crippen molar-refractivity contribution in [1.29, 1.82) is 0 Å². The average Bonchev–Trinajstić information content (AvgIpc) is 3.28. The number of ether oxygens (including phenoxy) is 2. The molecule has 28 heavy (non-hydrogen) atoms. The summed E-state index contributed by atoms with van der Waals surface area (Å²) in [4.78, 5) is 12.1. The van der Waals surface area contributed by atoms with E-state index in [1.54, 1.807) is 29.4 Å². The maximum Gasteiger partial charge on any atom is 0.586 e. The fourth-order valence-electron chi connectivity index (χ4n) is 3.20. The number of hydrogen-bond acceptors (Lipinski definition) is 8. The van der Waals surface area contributed by atoms with Crippen molar-refractivity contribution in [3.63, 3.8) is 0 Å². The summed E-state index contributed by atoms with van der Waals surface area (Å²) in [6.07, 6.45) is -2.53. The molecule has 3 heterocycles. The van der Waals surface area contributed by atoms with Crippen LogP contribution in [0.5, 0.6) is 11.5 Å². The second kappa shape index (κ2) is 7.22. The zero-order valence-corrected chi connectivity index (χ0v) is 15.4. The number of thioether (sulfide) groups is 1. The molecule has 3 N–H and O–H groups in total. The van der Waals surface area contributed by atoms with E-state index in [2.05, 4.69) is 19.9 Å². The Balaban J connectivity index is 1.47. The van der Waals surface area contributed by atoms with E-state index in [1.807, 2.05) is 0 Å². The number of carbonyl (C=O) groups excluding carboxylic acids is 1. The maximum absolute atomic E-state index is 13.1. The number of hydrogen-bond donors (Lipinski definition) is 3. The third-order valence-corrected chi connectivity index (χ3v) is 5.72. The molecule has 0 spiro atoms. The molecule has 8 nitrogen and oxygen atoms in total. The molecule has 0 aliphatic carbocycles. The van der Waals surface area contributed by atoms with Crippen LogP contribution in [-0.4, -0.2) is 39.6 Å². The normalized spacial score (nSPS) is 19.4. The van der Waals surface area contributed by atoms with Crippen molar-refractivity contribution < 1.29 is 32.8 Å². The quantitative estimate of drug-likeness (QED) is 0.507. The minimum absolute atomic E-state index is 0.0534. The van der Waals surface area contributed by atoms with Crippen molar-refractivity contribution in [3.05, 3.63) is 30.0 Å². The number of hydroxylamine groups is 1. The number of halogens is 2. The van der Waals surface area contributed by atoms with Gasteiger partial charge in [-0.3, -0.25) is 15.3 Å². The van der Waals surface area contributed by atoms with Gasteiger partial charge in [0.05, 0.1) is 5.69 Å². The predicted molar refractivity (Wildman–Crippen MR) is 94.2 cm³/mol. The van der Waals surface area contributed by atoms with Crippen LogP contribution in [0, 0.1) is 0 Å². The Morgan fingerprint density at radius 3 is 2.71 bits per heavy atom. The molecule has 150 valence electrons. The zero-order chi connectivity index (χ0) is 19.8. The standard InChI is InChI=1S/C17H17F2N3O5S/c18-17(19)25-12-2-1-10(7-14(12)26-17)13-8-11(22-27-13)9-20-16(15(23)21-24)3-5-28-6-4-16/h1-2,7-8,20,24H,3-6,9H2,(H,21,23). The van der Waals surface area contributed by atoms with Gasteiger partial charge >= 0.3 is 6.29 Å². The van der Waals surface area contributed by atoms with E-state index in [0.29, 0.717) is 29.9 Å². The molecule has 4 rings (SSSR count). The minimum atomic E-state index is -3.68. The SMILES string of the molecule is O=C(NO)C1(NCc2cc(-c3ccc4c(c3)OC(F)(F)O4)on2)CCSCC1. The molecule has 0 atom stereocenters. The van der Waals surface area contributed by atoms with Crippen LogP contribution in [0.3, 0.4) is 0 Å². The highest BCUT2D eigenvalue weighted by molar-refractivity contribution is 7.99. The van der Waals surface area contributed by atoms with Crippen LogP contribution in [0.1, 0.15) is 18.5 Å². The van der Waals surface area contributed by atoms with E-state index in [0.717, 1.165) is 11.5 Å². The third kappa shape index (κ3) is 3.64. The van der Waals surface area contributed by atoms with Crippen molar-refractivity contribution in [2.24, 2.45) is 0 Å². The van der Waals surface area contributed by atoms with E-state index >= 15 is 0 Å². The highest BCUT2D eigenvalue weighted by Gasteiger charge is 2.43. The number of carbonyl (C=O) groups is 1. The van der Waals surface area contributed by atoms with Gasteiger partial charge in [0.25, 0.3) is 5.91 Å². The molecule has 0 saturated carbocycles. The first-order chi connectivity index (χ1) is 13.4. The zero-order valence-electron chi connectivity index (χ0n) is 14.5. The lowest BCUT2D eigenvalue weighted by molar-refractivity contribution is -0.286. The Morgan fingerprint density at radius 1 is 1.21 bits per heavy atom. The Morgan fingerprint density at radius 2 is 1.96 bits per heavy atom. The van der Waals surface area contributed by atoms with Crippen molar-refractivity contribution in [2.75, 3.05) is 11.5 Å². The van der Waals surface area contributed by atoms with E-state index in [4.69, 9.17) is 9.73 Å². The molecule has 2 aromatic rings. The number of rotatable bonds is 5. The summed E-state index contributed by atoms with van der Waals surface area (Å²) in [6.45, 7) is 0.240. The van der Waals surface area contributed by atoms with Crippen LogP contribution in [0.2, 0.25) is 0 Å². The van der Waals surface area contributed by atoms with Gasteiger partial charge in [0.1, 0.15) is 5.54 Å². The Bertz CT molecular complexity index is 885. The van der Waals surface area contributed by atoms with E-state index in [9.17, 15) is 13.6 Å². The molecule has 2 aliphatic heterocycles. The summed E-state index contributed by atoms with van der Waals surface area (Å²) < 4.78 is 40.4. The summed E-state index contributed by atoms with van der Waals surface area (Å²) >= 11 is 1.75. The van der Waals surface area contributed by atoms with Gasteiger partial charge in [-0.25, -0.2) is 5.48 Å². The molecule has 2 aliphatic rings. The molecule has 0 radical (unpaired) electrons. The highest BCUT2D eigenvalue weighted by atomic mass is 32.2. The molecular weight excluding hydrogens is 396 g/mol. The van der Waals surface area contributed by atoms with Crippen LogP contribution in [0.25, 0.3) is 11.3 Å². The van der Waals surface area contributed by atoms with E-state index < -0.39 is 17.7 Å². The largest absolute Gasteiger partial charge is 0.586 e. The fourth-order valence-corrected chi connectivity index (χ4v) is 4.39. The van der Waals surface area contributed by atoms with Crippen molar-refractivity contribution in [1.82, 2.24) is 16.0 Å². The Labute approximate surface area is 162 Å². The second-order valence-electron chi connectivity index (χ2n) is 6.50. The van der Waals surface area contributed by atoms with Crippen LogP contribution in [0.4, 0.5) is 8.78 Å². The molecule has 1 amide bonds. The summed E-state index contributed by atoms with van der Waals surface area (Å²) in [7, 11) is 0. The van der Waals surface area contributed by atoms with Crippen LogP contribution < -0.4 is 20.3 Å². The summed E-state index contributed by atoms with van der Waals surface area (Å²) in [5, 5.41) is 16.2. The molecule has 1 fully saturated rings.